The summed E-state index contributed by atoms with van der Waals surface area (Å²) in [6.45, 7) is 4.31. The van der Waals surface area contributed by atoms with Crippen LogP contribution in [-0.2, 0) is 26.2 Å². The predicted octanol–water partition coefficient (Wildman–Crippen LogP) is 8.88. The van der Waals surface area contributed by atoms with Gasteiger partial charge in [0.05, 0.1) is 0 Å². The Balaban J connectivity index is 0.000000220. The minimum atomic E-state index is 0. The van der Waals surface area contributed by atoms with Crippen LogP contribution in [0.1, 0.15) is 0 Å². The number of benzene rings is 4. The van der Waals surface area contributed by atoms with Crippen LogP contribution < -0.4 is 0 Å². The van der Waals surface area contributed by atoms with Crippen LogP contribution in [0.25, 0.3) is 21.5 Å². The second kappa shape index (κ2) is 19.6. The van der Waals surface area contributed by atoms with Crippen molar-refractivity contribution in [2.75, 3.05) is 0 Å². The van der Waals surface area contributed by atoms with Crippen LogP contribution >= 0.6 is 0 Å². The number of hydrogen-bond acceptors (Lipinski definition) is 0. The van der Waals surface area contributed by atoms with Gasteiger partial charge in [0.1, 0.15) is 0 Å². The van der Waals surface area contributed by atoms with Crippen LogP contribution in [0, 0.1) is 12.1 Å². The van der Waals surface area contributed by atoms with Crippen molar-refractivity contribution in [2.45, 2.75) is 13.1 Å². The van der Waals surface area contributed by atoms with Crippen molar-refractivity contribution in [3.63, 3.8) is 0 Å². The average molecular weight is 534 g/mol. The Bertz CT molecular complexity index is 996. The van der Waals surface area contributed by atoms with E-state index in [0.717, 1.165) is 9.52 Å². The molecule has 0 saturated carbocycles. The molecule has 2 radical (unpaired) electrons. The minimum absolute atomic E-state index is 0. The van der Waals surface area contributed by atoms with E-state index in [4.69, 9.17) is 0 Å². The molecule has 0 aromatic heterocycles. The average Bonchev–Trinajstić information content (AvgIpc) is 3.57. The first-order valence-electron chi connectivity index (χ1n) is 11.0. The van der Waals surface area contributed by atoms with Gasteiger partial charge >= 0.3 is 26.2 Å². The van der Waals surface area contributed by atoms with Gasteiger partial charge in [0.25, 0.3) is 0 Å². The van der Waals surface area contributed by atoms with Gasteiger partial charge in [0, 0.05) is 9.52 Å². The van der Waals surface area contributed by atoms with Gasteiger partial charge in [-0.15, -0.1) is 59.3 Å². The van der Waals surface area contributed by atoms with E-state index in [1.54, 1.807) is 0 Å². The van der Waals surface area contributed by atoms with Gasteiger partial charge in [0.15, 0.2) is 0 Å². The summed E-state index contributed by atoms with van der Waals surface area (Å²) in [5.74, 6) is 0. The molecule has 0 fully saturated rings. The van der Waals surface area contributed by atoms with Crippen molar-refractivity contribution in [2.24, 2.45) is 0 Å². The normalized spacial score (nSPS) is 8.76. The maximum Gasteiger partial charge on any atom is 4.00 e. The smallest absolute Gasteiger partial charge is 0.184 e. The Labute approximate surface area is 227 Å². The molecule has 34 heavy (non-hydrogen) atoms. The van der Waals surface area contributed by atoms with E-state index in [1.807, 2.05) is 60.7 Å². The van der Waals surface area contributed by atoms with E-state index in [1.165, 1.54) is 21.5 Å². The molecule has 0 atom stereocenters. The van der Waals surface area contributed by atoms with Crippen LogP contribution in [0.3, 0.4) is 0 Å². The molecule has 0 saturated heterocycles. The van der Waals surface area contributed by atoms with Crippen LogP contribution in [0.4, 0.5) is 0 Å². The van der Waals surface area contributed by atoms with Crippen molar-refractivity contribution in [3.05, 3.63) is 158 Å². The van der Waals surface area contributed by atoms with Crippen LogP contribution in [-0.4, -0.2) is 9.52 Å². The molecule has 0 bridgehead atoms. The molecule has 6 aromatic carbocycles. The van der Waals surface area contributed by atoms with Crippen LogP contribution in [0.15, 0.2) is 146 Å². The molecule has 0 nitrogen and oxygen atoms in total. The zero-order valence-electron chi connectivity index (χ0n) is 19.9. The third-order valence-corrected chi connectivity index (χ3v) is 4.31. The predicted molar refractivity (Wildman–Crippen MR) is 147 cm³/mol. The van der Waals surface area contributed by atoms with Gasteiger partial charge in [-0.05, 0) is 0 Å². The fourth-order valence-corrected chi connectivity index (χ4v) is 2.82. The zero-order valence-corrected chi connectivity index (χ0v) is 23.3. The second-order valence-electron chi connectivity index (χ2n) is 6.96. The number of hydrogen-bond donors (Lipinski definition) is 0. The molecule has 0 spiro atoms. The molecule has 6 rings (SSSR count). The Morgan fingerprint density at radius 3 is 1.12 bits per heavy atom. The van der Waals surface area contributed by atoms with Crippen molar-refractivity contribution in [3.8, 4) is 0 Å². The summed E-state index contributed by atoms with van der Waals surface area (Å²) in [4.78, 5) is 0. The Kier molecular flexibility index (Phi) is 16.9. The third-order valence-electron chi connectivity index (χ3n) is 4.31. The van der Waals surface area contributed by atoms with Crippen molar-refractivity contribution in [1.29, 1.82) is 0 Å². The quantitative estimate of drug-likeness (QED) is 0.135. The fraction of sp³-hybridized carbons (Fsp3) is 0.0625. The van der Waals surface area contributed by atoms with Gasteiger partial charge in [0.2, 0.25) is 0 Å². The summed E-state index contributed by atoms with van der Waals surface area (Å²) in [6, 6.07) is 54.3. The first-order chi connectivity index (χ1) is 16.3. The molecule has 0 aliphatic heterocycles. The standard InChI is InChI=1S/2C9H7.2C6H5.C2H6Si.Zr/c2*1-2-5-9-7-3-6-8(9)4-1;2*1-2-4-6-5-3-1;1-3-2;/h2*1-7H;2*1-5H;1-2H3;/q4*-1;;+4. The summed E-state index contributed by atoms with van der Waals surface area (Å²) in [7, 11) is 1.08. The molecule has 0 amide bonds. The molecule has 6 aromatic rings. The first kappa shape index (κ1) is 29.2. The largest absolute Gasteiger partial charge is 4.00 e. The molecule has 2 heteroatoms. The maximum absolute atomic E-state index is 2.89. The third kappa shape index (κ3) is 12.4. The monoisotopic (exact) mass is 532 g/mol. The topological polar surface area (TPSA) is 0 Å². The molecular formula is C32H30SiZr. The summed E-state index contributed by atoms with van der Waals surface area (Å²) in [6.07, 6.45) is 0. The molecule has 166 valence electrons. The molecule has 0 heterocycles. The number of fused-ring (bicyclic) bond motifs is 2. The molecule has 0 unspecified atom stereocenters. The number of rotatable bonds is 0. The van der Waals surface area contributed by atoms with E-state index >= 15 is 0 Å². The van der Waals surface area contributed by atoms with Crippen molar-refractivity contribution in [1.82, 2.24) is 0 Å². The fourth-order valence-electron chi connectivity index (χ4n) is 2.82. The van der Waals surface area contributed by atoms with E-state index < -0.39 is 0 Å². The summed E-state index contributed by atoms with van der Waals surface area (Å²) < 4.78 is 0. The van der Waals surface area contributed by atoms with E-state index in [-0.39, 0.29) is 26.2 Å². The molecule has 0 N–H and O–H groups in total. The van der Waals surface area contributed by atoms with Gasteiger partial charge in [-0.3, -0.25) is 0 Å². The molecular weight excluding hydrogens is 504 g/mol. The van der Waals surface area contributed by atoms with E-state index in [2.05, 4.69) is 110 Å². The summed E-state index contributed by atoms with van der Waals surface area (Å²) >= 11 is 0. The van der Waals surface area contributed by atoms with Crippen LogP contribution in [0.5, 0.6) is 0 Å². The minimum Gasteiger partial charge on any atom is -0.184 e. The molecule has 0 aliphatic carbocycles. The van der Waals surface area contributed by atoms with Crippen LogP contribution in [0.2, 0.25) is 13.1 Å². The maximum atomic E-state index is 2.89. The van der Waals surface area contributed by atoms with Gasteiger partial charge in [-0.25, -0.2) is 0 Å². The zero-order chi connectivity index (χ0) is 23.4. The van der Waals surface area contributed by atoms with Gasteiger partial charge in [-0.2, -0.15) is 108 Å². The summed E-state index contributed by atoms with van der Waals surface area (Å²) in [5.41, 5.74) is 0. The van der Waals surface area contributed by atoms with E-state index in [9.17, 15) is 0 Å². The first-order valence-corrected chi connectivity index (χ1v) is 13.0. The van der Waals surface area contributed by atoms with Gasteiger partial charge < -0.3 is 0 Å². The molecule has 0 aliphatic rings. The SMILES string of the molecule is C[Si]C.[Zr+4].[c-]1ccccc1.[c-]1ccccc1.c1ccc2[cH-]ccc2c1.c1ccc2[cH-]ccc2c1. The Morgan fingerprint density at radius 2 is 0.853 bits per heavy atom. The van der Waals surface area contributed by atoms with E-state index in [0.29, 0.717) is 0 Å². The Hall–Kier alpha value is -2.80. The van der Waals surface area contributed by atoms with Crippen molar-refractivity contribution >= 4 is 31.1 Å². The summed E-state index contributed by atoms with van der Waals surface area (Å²) in [5, 5.41) is 5.32. The second-order valence-corrected chi connectivity index (χ2v) is 7.96. The Morgan fingerprint density at radius 1 is 0.500 bits per heavy atom. The van der Waals surface area contributed by atoms with Crippen molar-refractivity contribution < 1.29 is 26.2 Å². The van der Waals surface area contributed by atoms with Gasteiger partial charge in [-0.1, -0.05) is 25.2 Å².